The summed E-state index contributed by atoms with van der Waals surface area (Å²) >= 11 is 0. The SMILES string of the molecule is C=C(CCC=C(C)C)CCOC(=O)CN(CCCCCCCCCCCC)C(C=O)OCCC(=C)CCC=C(C)C. The zero-order valence-electron chi connectivity index (χ0n) is 27.4. The maximum absolute atomic E-state index is 12.7. The Kier molecular flexibility index (Phi) is 25.6. The van der Waals surface area contributed by atoms with E-state index in [0.29, 0.717) is 32.6 Å². The van der Waals surface area contributed by atoms with Crippen LogP contribution < -0.4 is 0 Å². The number of esters is 1. The van der Waals surface area contributed by atoms with Crippen molar-refractivity contribution in [3.8, 4) is 0 Å². The van der Waals surface area contributed by atoms with E-state index in [4.69, 9.17) is 9.47 Å². The van der Waals surface area contributed by atoms with E-state index in [9.17, 15) is 9.59 Å². The highest BCUT2D eigenvalue weighted by atomic mass is 16.5. The summed E-state index contributed by atoms with van der Waals surface area (Å²) in [5, 5.41) is 0. The second-order valence-corrected chi connectivity index (χ2v) is 11.9. The van der Waals surface area contributed by atoms with Crippen LogP contribution in [0.1, 0.15) is 137 Å². The average Bonchev–Trinajstić information content (AvgIpc) is 2.91. The highest BCUT2D eigenvalue weighted by Gasteiger charge is 2.22. The predicted molar refractivity (Wildman–Crippen MR) is 175 cm³/mol. The number of allylic oxidation sites excluding steroid dienone is 4. The molecule has 0 spiro atoms. The van der Waals surface area contributed by atoms with Crippen LogP contribution in [0.5, 0.6) is 0 Å². The van der Waals surface area contributed by atoms with Gasteiger partial charge in [0.25, 0.3) is 0 Å². The van der Waals surface area contributed by atoms with Crippen molar-refractivity contribution in [3.63, 3.8) is 0 Å². The first-order valence-corrected chi connectivity index (χ1v) is 16.3. The number of ether oxygens (including phenoxy) is 2. The minimum absolute atomic E-state index is 0.0482. The molecular weight excluding hydrogens is 510 g/mol. The summed E-state index contributed by atoms with van der Waals surface area (Å²) < 4.78 is 11.5. The fourth-order valence-electron chi connectivity index (χ4n) is 4.55. The van der Waals surface area contributed by atoms with Gasteiger partial charge in [0.1, 0.15) is 0 Å². The number of hydrogen-bond donors (Lipinski definition) is 0. The molecule has 0 aliphatic rings. The van der Waals surface area contributed by atoms with E-state index in [1.807, 2.05) is 4.90 Å². The lowest BCUT2D eigenvalue weighted by Gasteiger charge is -2.27. The molecule has 0 aliphatic heterocycles. The Morgan fingerprint density at radius 2 is 1.22 bits per heavy atom. The van der Waals surface area contributed by atoms with Crippen LogP contribution in [0.15, 0.2) is 47.6 Å². The minimum atomic E-state index is -0.759. The van der Waals surface area contributed by atoms with Gasteiger partial charge in [-0.05, 0) is 66.2 Å². The lowest BCUT2D eigenvalue weighted by molar-refractivity contribution is -0.151. The van der Waals surface area contributed by atoms with Crippen molar-refractivity contribution < 1.29 is 19.1 Å². The van der Waals surface area contributed by atoms with Crippen LogP contribution in [0.25, 0.3) is 0 Å². The van der Waals surface area contributed by atoms with Gasteiger partial charge in [-0.1, -0.05) is 112 Å². The van der Waals surface area contributed by atoms with Gasteiger partial charge in [0, 0.05) is 13.0 Å². The van der Waals surface area contributed by atoms with Crippen LogP contribution >= 0.6 is 0 Å². The second-order valence-electron chi connectivity index (χ2n) is 11.9. The van der Waals surface area contributed by atoms with Gasteiger partial charge in [0.2, 0.25) is 0 Å². The van der Waals surface area contributed by atoms with E-state index in [1.54, 1.807) is 0 Å². The van der Waals surface area contributed by atoms with Crippen molar-refractivity contribution >= 4 is 12.3 Å². The van der Waals surface area contributed by atoms with E-state index in [0.717, 1.165) is 56.0 Å². The lowest BCUT2D eigenvalue weighted by atomic mass is 10.1. The van der Waals surface area contributed by atoms with E-state index in [-0.39, 0.29) is 12.5 Å². The van der Waals surface area contributed by atoms with Crippen LogP contribution in [-0.4, -0.2) is 49.7 Å². The van der Waals surface area contributed by atoms with Crippen molar-refractivity contribution in [1.82, 2.24) is 4.90 Å². The molecule has 0 saturated carbocycles. The summed E-state index contributed by atoms with van der Waals surface area (Å²) in [6.07, 6.45) is 21.9. The molecule has 0 N–H and O–H groups in total. The van der Waals surface area contributed by atoms with Gasteiger partial charge in [-0.3, -0.25) is 14.5 Å². The second kappa shape index (κ2) is 26.9. The summed E-state index contributed by atoms with van der Waals surface area (Å²) in [7, 11) is 0. The third-order valence-corrected chi connectivity index (χ3v) is 7.17. The number of hydrogen-bond acceptors (Lipinski definition) is 5. The quantitative estimate of drug-likeness (QED) is 0.0307. The summed E-state index contributed by atoms with van der Waals surface area (Å²) in [6, 6.07) is 0. The van der Waals surface area contributed by atoms with Gasteiger partial charge in [0.15, 0.2) is 12.5 Å². The topological polar surface area (TPSA) is 55.8 Å². The predicted octanol–water partition coefficient (Wildman–Crippen LogP) is 9.68. The van der Waals surface area contributed by atoms with Crippen LogP contribution in [0.3, 0.4) is 0 Å². The van der Waals surface area contributed by atoms with Crippen molar-refractivity contribution in [2.75, 3.05) is 26.3 Å². The van der Waals surface area contributed by atoms with Crippen LogP contribution in [0, 0.1) is 0 Å². The molecule has 0 aromatic rings. The molecule has 0 saturated heterocycles. The molecule has 0 radical (unpaired) electrons. The Labute approximate surface area is 253 Å². The molecule has 236 valence electrons. The molecule has 0 amide bonds. The number of rotatable bonds is 28. The van der Waals surface area contributed by atoms with Gasteiger partial charge in [-0.25, -0.2) is 0 Å². The highest BCUT2D eigenvalue weighted by molar-refractivity contribution is 5.72. The Morgan fingerprint density at radius 3 is 1.71 bits per heavy atom. The van der Waals surface area contributed by atoms with E-state index in [1.165, 1.54) is 62.5 Å². The van der Waals surface area contributed by atoms with Crippen molar-refractivity contribution in [2.24, 2.45) is 0 Å². The number of carbonyl (C=O) groups excluding carboxylic acids is 2. The van der Waals surface area contributed by atoms with Crippen LogP contribution in [0.2, 0.25) is 0 Å². The summed E-state index contributed by atoms with van der Waals surface area (Å²) in [5.41, 5.74) is 4.79. The summed E-state index contributed by atoms with van der Waals surface area (Å²) in [4.78, 5) is 26.6. The molecule has 0 heterocycles. The summed E-state index contributed by atoms with van der Waals surface area (Å²) in [5.74, 6) is -0.323. The third kappa shape index (κ3) is 25.5. The van der Waals surface area contributed by atoms with E-state index < -0.39 is 6.23 Å². The molecule has 1 unspecified atom stereocenters. The minimum Gasteiger partial charge on any atom is -0.464 e. The zero-order chi connectivity index (χ0) is 30.7. The van der Waals surface area contributed by atoms with Gasteiger partial charge in [-0.15, -0.1) is 0 Å². The average molecular weight is 574 g/mol. The smallest absolute Gasteiger partial charge is 0.320 e. The molecular formula is C36H63NO4. The summed E-state index contributed by atoms with van der Waals surface area (Å²) in [6.45, 7) is 20.3. The Morgan fingerprint density at radius 1 is 0.732 bits per heavy atom. The van der Waals surface area contributed by atoms with Crippen LogP contribution in [0.4, 0.5) is 0 Å². The van der Waals surface area contributed by atoms with Gasteiger partial charge in [0.05, 0.1) is 19.8 Å². The highest BCUT2D eigenvalue weighted by Crippen LogP contribution is 2.14. The van der Waals surface area contributed by atoms with E-state index in [2.05, 4.69) is 59.9 Å². The Bertz CT molecular complexity index is 774. The first kappa shape index (κ1) is 39.0. The first-order valence-electron chi connectivity index (χ1n) is 16.3. The van der Waals surface area contributed by atoms with Crippen molar-refractivity contribution in [2.45, 2.75) is 144 Å². The maximum Gasteiger partial charge on any atom is 0.320 e. The molecule has 0 aromatic carbocycles. The van der Waals surface area contributed by atoms with Gasteiger partial charge >= 0.3 is 5.97 Å². The lowest BCUT2D eigenvalue weighted by Crippen LogP contribution is -2.43. The molecule has 0 bridgehead atoms. The fraction of sp³-hybridized carbons (Fsp3) is 0.722. The Hall–Kier alpha value is -1.98. The number of aldehydes is 1. The van der Waals surface area contributed by atoms with Crippen LogP contribution in [-0.2, 0) is 19.1 Å². The molecule has 0 aliphatic carbocycles. The molecule has 0 rings (SSSR count). The van der Waals surface area contributed by atoms with Gasteiger partial charge in [-0.2, -0.15) is 0 Å². The van der Waals surface area contributed by atoms with E-state index >= 15 is 0 Å². The standard InChI is InChI=1S/C36H63NO4/c1-8-9-10-11-12-13-14-15-16-17-26-37(29-36(39)41-28-25-34(7)23-19-21-32(4)5)35(30-38)40-27-24-33(6)22-18-20-31(2)3/h20-21,30,35H,6-19,22-29H2,1-5H3. The fourth-order valence-corrected chi connectivity index (χ4v) is 4.55. The monoisotopic (exact) mass is 573 g/mol. The molecule has 1 atom stereocenters. The van der Waals surface area contributed by atoms with Gasteiger partial charge < -0.3 is 9.47 Å². The molecule has 5 nitrogen and oxygen atoms in total. The molecule has 0 fully saturated rings. The third-order valence-electron chi connectivity index (χ3n) is 7.17. The largest absolute Gasteiger partial charge is 0.464 e. The molecule has 5 heteroatoms. The molecule has 41 heavy (non-hydrogen) atoms. The van der Waals surface area contributed by atoms with Crippen molar-refractivity contribution in [1.29, 1.82) is 0 Å². The first-order chi connectivity index (χ1) is 19.7. The maximum atomic E-state index is 12.7. The Balaban J connectivity index is 4.71. The number of carbonyl (C=O) groups is 2. The van der Waals surface area contributed by atoms with Crippen molar-refractivity contribution in [3.05, 3.63) is 47.6 Å². The number of unbranched alkanes of at least 4 members (excludes halogenated alkanes) is 9. The normalized spacial score (nSPS) is 11.7. The molecule has 0 aromatic heterocycles. The zero-order valence-corrected chi connectivity index (χ0v) is 27.4. The number of nitrogens with zero attached hydrogens (tertiary/aromatic N) is 1.